The first kappa shape index (κ1) is 10.6. The Labute approximate surface area is 81.3 Å². The molecule has 0 saturated carbocycles. The van der Waals surface area contributed by atoms with Crippen molar-refractivity contribution in [3.8, 4) is 0 Å². The molecule has 1 aliphatic heterocycles. The average Bonchev–Trinajstić information content (AvgIpc) is 2.47. The smallest absolute Gasteiger partial charge is 0.222 e. The molecule has 1 heterocycles. The molecule has 0 radical (unpaired) electrons. The number of rotatable bonds is 4. The van der Waals surface area contributed by atoms with Crippen LogP contribution in [0.3, 0.4) is 0 Å². The van der Waals surface area contributed by atoms with Crippen LogP contribution >= 0.6 is 0 Å². The van der Waals surface area contributed by atoms with Crippen molar-refractivity contribution < 1.29 is 4.79 Å². The van der Waals surface area contributed by atoms with Crippen LogP contribution in [-0.2, 0) is 4.79 Å². The van der Waals surface area contributed by atoms with Crippen molar-refractivity contribution in [1.29, 1.82) is 0 Å². The second-order valence-corrected chi connectivity index (χ2v) is 4.19. The minimum absolute atomic E-state index is 0.368. The van der Waals surface area contributed by atoms with Crippen LogP contribution in [0, 0.1) is 11.8 Å². The third-order valence-corrected chi connectivity index (χ3v) is 3.19. The summed E-state index contributed by atoms with van der Waals surface area (Å²) < 4.78 is 0. The summed E-state index contributed by atoms with van der Waals surface area (Å²) in [6.07, 6.45) is 3.06. The van der Waals surface area contributed by atoms with Crippen molar-refractivity contribution >= 4 is 5.91 Å². The maximum Gasteiger partial charge on any atom is 0.222 e. The van der Waals surface area contributed by atoms with E-state index in [2.05, 4.69) is 20.8 Å². The molecule has 2 heteroatoms. The van der Waals surface area contributed by atoms with Crippen LogP contribution in [0.1, 0.15) is 40.0 Å². The van der Waals surface area contributed by atoms with Crippen molar-refractivity contribution in [2.45, 2.75) is 40.0 Å². The fourth-order valence-corrected chi connectivity index (χ4v) is 2.00. The Morgan fingerprint density at radius 2 is 2.23 bits per heavy atom. The molecule has 0 aromatic heterocycles. The van der Waals surface area contributed by atoms with Crippen LogP contribution in [0.15, 0.2) is 0 Å². The summed E-state index contributed by atoms with van der Waals surface area (Å²) in [6, 6.07) is 0. The highest BCUT2D eigenvalue weighted by Gasteiger charge is 2.31. The predicted octanol–water partition coefficient (Wildman–Crippen LogP) is 2.29. The molecule has 76 valence electrons. The van der Waals surface area contributed by atoms with Gasteiger partial charge >= 0.3 is 0 Å². The summed E-state index contributed by atoms with van der Waals surface area (Å²) in [6.45, 7) is 8.54. The Morgan fingerprint density at radius 1 is 1.54 bits per heavy atom. The normalized spacial score (nSPS) is 25.3. The third-order valence-electron chi connectivity index (χ3n) is 3.19. The zero-order valence-corrected chi connectivity index (χ0v) is 9.05. The first-order chi connectivity index (χ1) is 6.19. The highest BCUT2D eigenvalue weighted by molar-refractivity contribution is 5.78. The molecule has 0 aromatic rings. The molecule has 1 rings (SSSR count). The maximum absolute atomic E-state index is 11.5. The van der Waals surface area contributed by atoms with Gasteiger partial charge in [0.1, 0.15) is 0 Å². The zero-order chi connectivity index (χ0) is 9.84. The molecule has 0 spiro atoms. The van der Waals surface area contributed by atoms with E-state index < -0.39 is 0 Å². The van der Waals surface area contributed by atoms with Crippen molar-refractivity contribution in [1.82, 2.24) is 4.90 Å². The molecule has 1 aliphatic rings. The Balaban J connectivity index is 2.44. The average molecular weight is 183 g/mol. The molecule has 13 heavy (non-hydrogen) atoms. The SMILES string of the molecule is CCCN1CC(C(C)CC)CC1=O. The van der Waals surface area contributed by atoms with Crippen LogP contribution in [-0.4, -0.2) is 23.9 Å². The van der Waals surface area contributed by atoms with Gasteiger partial charge < -0.3 is 4.90 Å². The van der Waals surface area contributed by atoms with Gasteiger partial charge in [-0.05, 0) is 18.3 Å². The lowest BCUT2D eigenvalue weighted by Gasteiger charge is -2.18. The van der Waals surface area contributed by atoms with Crippen molar-refractivity contribution in [3.63, 3.8) is 0 Å². The topological polar surface area (TPSA) is 20.3 Å². The van der Waals surface area contributed by atoms with Gasteiger partial charge in [-0.2, -0.15) is 0 Å². The van der Waals surface area contributed by atoms with E-state index in [1.165, 1.54) is 6.42 Å². The standard InChI is InChI=1S/C11H21NO/c1-4-6-12-8-10(7-11(12)13)9(3)5-2/h9-10H,4-8H2,1-3H3. The number of carbonyl (C=O) groups excluding carboxylic acids is 1. The number of amides is 1. The van der Waals surface area contributed by atoms with E-state index >= 15 is 0 Å². The zero-order valence-electron chi connectivity index (χ0n) is 9.05. The second-order valence-electron chi connectivity index (χ2n) is 4.19. The summed E-state index contributed by atoms with van der Waals surface area (Å²) in [7, 11) is 0. The maximum atomic E-state index is 11.5. The van der Waals surface area contributed by atoms with Gasteiger partial charge in [0, 0.05) is 19.5 Å². The van der Waals surface area contributed by atoms with Gasteiger partial charge in [0.2, 0.25) is 5.91 Å². The minimum atomic E-state index is 0.368. The van der Waals surface area contributed by atoms with Gasteiger partial charge in [-0.1, -0.05) is 27.2 Å². The van der Waals surface area contributed by atoms with Gasteiger partial charge in [0.15, 0.2) is 0 Å². The summed E-state index contributed by atoms with van der Waals surface area (Å²) in [5.74, 6) is 1.68. The molecule has 0 aliphatic carbocycles. The molecule has 0 N–H and O–H groups in total. The van der Waals surface area contributed by atoms with Crippen molar-refractivity contribution in [2.75, 3.05) is 13.1 Å². The van der Waals surface area contributed by atoms with Crippen LogP contribution in [0.2, 0.25) is 0 Å². The first-order valence-corrected chi connectivity index (χ1v) is 5.46. The quantitative estimate of drug-likeness (QED) is 0.655. The molecule has 2 unspecified atom stereocenters. The molecule has 2 nitrogen and oxygen atoms in total. The second kappa shape index (κ2) is 4.64. The summed E-state index contributed by atoms with van der Waals surface area (Å²) >= 11 is 0. The monoisotopic (exact) mass is 183 g/mol. The summed E-state index contributed by atoms with van der Waals surface area (Å²) in [5.41, 5.74) is 0. The molecule has 1 saturated heterocycles. The molecule has 2 atom stereocenters. The Hall–Kier alpha value is -0.530. The number of likely N-dealkylation sites (tertiary alicyclic amines) is 1. The van der Waals surface area contributed by atoms with Crippen molar-refractivity contribution in [2.24, 2.45) is 11.8 Å². The lowest BCUT2D eigenvalue weighted by Crippen LogP contribution is -2.26. The number of hydrogen-bond donors (Lipinski definition) is 0. The molecule has 1 fully saturated rings. The van der Waals surface area contributed by atoms with E-state index in [4.69, 9.17) is 0 Å². The van der Waals surface area contributed by atoms with E-state index in [0.717, 1.165) is 25.9 Å². The first-order valence-electron chi connectivity index (χ1n) is 5.46. The minimum Gasteiger partial charge on any atom is -0.342 e. The van der Waals surface area contributed by atoms with E-state index in [1.54, 1.807) is 0 Å². The van der Waals surface area contributed by atoms with E-state index in [0.29, 0.717) is 17.7 Å². The Kier molecular flexibility index (Phi) is 3.76. The van der Waals surface area contributed by atoms with Gasteiger partial charge in [0.25, 0.3) is 0 Å². The van der Waals surface area contributed by atoms with E-state index in [-0.39, 0.29) is 0 Å². The van der Waals surface area contributed by atoms with Gasteiger partial charge in [-0.25, -0.2) is 0 Å². The Morgan fingerprint density at radius 3 is 2.77 bits per heavy atom. The third kappa shape index (κ3) is 2.45. The van der Waals surface area contributed by atoms with Crippen LogP contribution in [0.25, 0.3) is 0 Å². The highest BCUT2D eigenvalue weighted by Crippen LogP contribution is 2.26. The molecular formula is C11H21NO. The van der Waals surface area contributed by atoms with Gasteiger partial charge in [-0.15, -0.1) is 0 Å². The van der Waals surface area contributed by atoms with E-state index in [1.807, 2.05) is 4.90 Å². The number of carbonyl (C=O) groups is 1. The fourth-order valence-electron chi connectivity index (χ4n) is 2.00. The van der Waals surface area contributed by atoms with Crippen LogP contribution in [0.5, 0.6) is 0 Å². The van der Waals surface area contributed by atoms with Crippen molar-refractivity contribution in [3.05, 3.63) is 0 Å². The number of nitrogens with zero attached hydrogens (tertiary/aromatic N) is 1. The molecule has 0 bridgehead atoms. The summed E-state index contributed by atoms with van der Waals surface area (Å²) in [5, 5.41) is 0. The van der Waals surface area contributed by atoms with Crippen LogP contribution in [0.4, 0.5) is 0 Å². The molecular weight excluding hydrogens is 162 g/mol. The van der Waals surface area contributed by atoms with E-state index in [9.17, 15) is 4.79 Å². The van der Waals surface area contributed by atoms with Gasteiger partial charge in [0.05, 0.1) is 0 Å². The molecule has 0 aromatic carbocycles. The predicted molar refractivity (Wildman–Crippen MR) is 54.4 cm³/mol. The van der Waals surface area contributed by atoms with Crippen LogP contribution < -0.4 is 0 Å². The number of hydrogen-bond acceptors (Lipinski definition) is 1. The highest BCUT2D eigenvalue weighted by atomic mass is 16.2. The fraction of sp³-hybridized carbons (Fsp3) is 0.909. The lowest BCUT2D eigenvalue weighted by molar-refractivity contribution is -0.127. The lowest BCUT2D eigenvalue weighted by atomic mass is 9.91. The molecule has 1 amide bonds. The van der Waals surface area contributed by atoms with Gasteiger partial charge in [-0.3, -0.25) is 4.79 Å². The largest absolute Gasteiger partial charge is 0.342 e. The Bertz CT molecular complexity index is 179. The summed E-state index contributed by atoms with van der Waals surface area (Å²) in [4.78, 5) is 13.5.